The van der Waals surface area contributed by atoms with E-state index in [-0.39, 0.29) is 0 Å². The quantitative estimate of drug-likeness (QED) is 0.713. The van der Waals surface area contributed by atoms with Crippen LogP contribution in [0.3, 0.4) is 0 Å². The van der Waals surface area contributed by atoms with Gasteiger partial charge >= 0.3 is 0 Å². The first-order chi connectivity index (χ1) is 5.83. The summed E-state index contributed by atoms with van der Waals surface area (Å²) in [5.41, 5.74) is 0. The van der Waals surface area contributed by atoms with Gasteiger partial charge in [-0.3, -0.25) is 0 Å². The first-order valence-electron chi connectivity index (χ1n) is 4.63. The summed E-state index contributed by atoms with van der Waals surface area (Å²) in [5, 5.41) is 9.28. The highest BCUT2D eigenvalue weighted by molar-refractivity contribution is 7.99. The lowest BCUT2D eigenvalue weighted by atomic mass is 10.2. The molecule has 1 aliphatic heterocycles. The van der Waals surface area contributed by atoms with E-state index >= 15 is 0 Å². The molecule has 0 aromatic heterocycles. The fourth-order valence-corrected chi connectivity index (χ4v) is 2.42. The van der Waals surface area contributed by atoms with Gasteiger partial charge in [0.25, 0.3) is 0 Å². The van der Waals surface area contributed by atoms with E-state index in [1.54, 1.807) is 0 Å². The van der Waals surface area contributed by atoms with Crippen LogP contribution in [-0.2, 0) is 4.74 Å². The maximum absolute atomic E-state index is 8.69. The molecule has 2 atom stereocenters. The van der Waals surface area contributed by atoms with Gasteiger partial charge in [-0.2, -0.15) is 11.8 Å². The zero-order chi connectivity index (χ0) is 8.81. The van der Waals surface area contributed by atoms with Crippen molar-refractivity contribution < 1.29 is 9.84 Å². The highest BCUT2D eigenvalue weighted by atomic mass is 32.2. The molecule has 1 aliphatic rings. The summed E-state index contributed by atoms with van der Waals surface area (Å²) in [4.78, 5) is 0. The largest absolute Gasteiger partial charge is 0.396 e. The maximum atomic E-state index is 8.69. The Balaban J connectivity index is 1.99. The van der Waals surface area contributed by atoms with Crippen molar-refractivity contribution in [3.8, 4) is 0 Å². The molecule has 1 fully saturated rings. The summed E-state index contributed by atoms with van der Waals surface area (Å²) in [5.74, 6) is 1.96. The minimum Gasteiger partial charge on any atom is -0.396 e. The number of thioether (sulfide) groups is 1. The molecule has 72 valence electrons. The molecular weight excluding hydrogens is 172 g/mol. The lowest BCUT2D eigenvalue weighted by Crippen LogP contribution is -2.07. The lowest BCUT2D eigenvalue weighted by molar-refractivity contribution is 0.189. The zero-order valence-electron chi connectivity index (χ0n) is 7.66. The van der Waals surface area contributed by atoms with Crippen LogP contribution in [0, 0.1) is 5.92 Å². The Bertz CT molecular complexity index is 113. The number of hydrogen-bond acceptors (Lipinski definition) is 3. The number of ether oxygens (including phenoxy) is 1. The standard InChI is InChI=1S/C9H18O2S/c1-8(2-4-10)12-7-9-3-5-11-6-9/h8-10H,2-7H2,1H3. The molecule has 1 N–H and O–H groups in total. The SMILES string of the molecule is CC(CCO)SCC1CCOC1. The predicted octanol–water partition coefficient (Wildman–Crippen LogP) is 1.53. The second-order valence-corrected chi connectivity index (χ2v) is 4.86. The minimum absolute atomic E-state index is 0.315. The summed E-state index contributed by atoms with van der Waals surface area (Å²) in [6.45, 7) is 4.38. The van der Waals surface area contributed by atoms with Crippen molar-refractivity contribution >= 4 is 11.8 Å². The van der Waals surface area contributed by atoms with Crippen LogP contribution in [0.2, 0.25) is 0 Å². The molecular formula is C9H18O2S. The predicted molar refractivity (Wildman–Crippen MR) is 52.5 cm³/mol. The first-order valence-corrected chi connectivity index (χ1v) is 5.68. The van der Waals surface area contributed by atoms with Crippen LogP contribution in [0.25, 0.3) is 0 Å². The van der Waals surface area contributed by atoms with Crippen molar-refractivity contribution in [2.45, 2.75) is 25.0 Å². The first kappa shape index (κ1) is 10.4. The topological polar surface area (TPSA) is 29.5 Å². The van der Waals surface area contributed by atoms with Crippen LogP contribution in [0.4, 0.5) is 0 Å². The normalized spacial score (nSPS) is 26.0. The van der Waals surface area contributed by atoms with Gasteiger partial charge in [0.2, 0.25) is 0 Å². The van der Waals surface area contributed by atoms with E-state index in [2.05, 4.69) is 6.92 Å². The van der Waals surface area contributed by atoms with Gasteiger partial charge in [0.05, 0.1) is 6.61 Å². The Hall–Kier alpha value is 0.270. The molecule has 3 heteroatoms. The number of rotatable bonds is 5. The van der Waals surface area contributed by atoms with E-state index in [4.69, 9.17) is 9.84 Å². The zero-order valence-corrected chi connectivity index (χ0v) is 8.48. The third kappa shape index (κ3) is 3.78. The molecule has 0 saturated carbocycles. The van der Waals surface area contributed by atoms with Crippen molar-refractivity contribution in [2.75, 3.05) is 25.6 Å². The molecule has 1 saturated heterocycles. The Morgan fingerprint density at radius 3 is 3.08 bits per heavy atom. The summed E-state index contributed by atoms with van der Waals surface area (Å²) in [6.07, 6.45) is 2.14. The monoisotopic (exact) mass is 190 g/mol. The van der Waals surface area contributed by atoms with Gasteiger partial charge < -0.3 is 9.84 Å². The van der Waals surface area contributed by atoms with Crippen LogP contribution in [0.1, 0.15) is 19.8 Å². The molecule has 2 unspecified atom stereocenters. The van der Waals surface area contributed by atoms with Crippen molar-refractivity contribution in [3.05, 3.63) is 0 Å². The second kappa shape index (κ2) is 5.84. The van der Waals surface area contributed by atoms with Crippen LogP contribution >= 0.6 is 11.8 Å². The maximum Gasteiger partial charge on any atom is 0.0503 e. The third-order valence-electron chi connectivity index (χ3n) is 2.18. The fraction of sp³-hybridized carbons (Fsp3) is 1.00. The van der Waals surface area contributed by atoms with Gasteiger partial charge in [0, 0.05) is 18.5 Å². The Labute approximate surface area is 78.7 Å². The minimum atomic E-state index is 0.315. The molecule has 0 radical (unpaired) electrons. The molecule has 0 bridgehead atoms. The van der Waals surface area contributed by atoms with Crippen molar-refractivity contribution in [3.63, 3.8) is 0 Å². The van der Waals surface area contributed by atoms with Gasteiger partial charge in [-0.25, -0.2) is 0 Å². The van der Waals surface area contributed by atoms with Crippen LogP contribution in [0.5, 0.6) is 0 Å². The Morgan fingerprint density at radius 1 is 1.67 bits per heavy atom. The van der Waals surface area contributed by atoms with E-state index in [1.807, 2.05) is 11.8 Å². The van der Waals surface area contributed by atoms with Crippen LogP contribution in [-0.4, -0.2) is 35.9 Å². The van der Waals surface area contributed by atoms with Crippen LogP contribution < -0.4 is 0 Å². The van der Waals surface area contributed by atoms with E-state index in [1.165, 1.54) is 12.2 Å². The molecule has 0 amide bonds. The van der Waals surface area contributed by atoms with E-state index in [9.17, 15) is 0 Å². The van der Waals surface area contributed by atoms with Crippen molar-refractivity contribution in [2.24, 2.45) is 5.92 Å². The van der Waals surface area contributed by atoms with E-state index in [0.717, 1.165) is 25.6 Å². The molecule has 1 heterocycles. The van der Waals surface area contributed by atoms with Gasteiger partial charge in [-0.1, -0.05) is 6.92 Å². The third-order valence-corrected chi connectivity index (χ3v) is 3.64. The Kier molecular flexibility index (Phi) is 5.04. The van der Waals surface area contributed by atoms with Gasteiger partial charge in [0.15, 0.2) is 0 Å². The lowest BCUT2D eigenvalue weighted by Gasteiger charge is -2.11. The molecule has 0 aliphatic carbocycles. The number of aliphatic hydroxyl groups excluding tert-OH is 1. The fourth-order valence-electron chi connectivity index (χ4n) is 1.28. The molecule has 0 aromatic carbocycles. The molecule has 12 heavy (non-hydrogen) atoms. The molecule has 0 spiro atoms. The molecule has 2 nitrogen and oxygen atoms in total. The summed E-state index contributed by atoms with van der Waals surface area (Å²) in [7, 11) is 0. The second-order valence-electron chi connectivity index (χ2n) is 3.39. The average Bonchev–Trinajstić information content (AvgIpc) is 2.53. The highest BCUT2D eigenvalue weighted by Crippen LogP contribution is 2.22. The van der Waals surface area contributed by atoms with E-state index in [0.29, 0.717) is 11.9 Å². The molecule has 1 rings (SSSR count). The Morgan fingerprint density at radius 2 is 2.50 bits per heavy atom. The van der Waals surface area contributed by atoms with Gasteiger partial charge in [0.1, 0.15) is 0 Å². The average molecular weight is 190 g/mol. The highest BCUT2D eigenvalue weighted by Gasteiger charge is 2.16. The summed E-state index contributed by atoms with van der Waals surface area (Å²) < 4.78 is 5.29. The van der Waals surface area contributed by atoms with Crippen LogP contribution in [0.15, 0.2) is 0 Å². The summed E-state index contributed by atoms with van der Waals surface area (Å²) >= 11 is 1.96. The van der Waals surface area contributed by atoms with E-state index < -0.39 is 0 Å². The van der Waals surface area contributed by atoms with Gasteiger partial charge in [-0.15, -0.1) is 0 Å². The molecule has 0 aromatic rings. The van der Waals surface area contributed by atoms with Crippen molar-refractivity contribution in [1.82, 2.24) is 0 Å². The smallest absolute Gasteiger partial charge is 0.0503 e. The van der Waals surface area contributed by atoms with Crippen molar-refractivity contribution in [1.29, 1.82) is 0 Å². The number of aliphatic hydroxyl groups is 1. The number of hydrogen-bond donors (Lipinski definition) is 1. The van der Waals surface area contributed by atoms with Gasteiger partial charge in [-0.05, 0) is 24.5 Å². The summed E-state index contributed by atoms with van der Waals surface area (Å²) in [6, 6.07) is 0.